The van der Waals surface area contributed by atoms with Crippen LogP contribution in [0.5, 0.6) is 5.75 Å². The zero-order valence-corrected chi connectivity index (χ0v) is 18.4. The molecule has 6 heteroatoms. The van der Waals surface area contributed by atoms with Crippen LogP contribution in [-0.4, -0.2) is 40.6 Å². The van der Waals surface area contributed by atoms with Crippen molar-refractivity contribution in [3.8, 4) is 5.75 Å². The van der Waals surface area contributed by atoms with Crippen molar-refractivity contribution in [3.05, 3.63) is 71.9 Å². The summed E-state index contributed by atoms with van der Waals surface area (Å²) in [5, 5.41) is 11.4. The molecule has 0 bridgehead atoms. The molecule has 1 aromatic carbocycles. The van der Waals surface area contributed by atoms with Crippen molar-refractivity contribution in [2.24, 2.45) is 0 Å². The largest absolute Gasteiger partial charge is 0.508 e. The summed E-state index contributed by atoms with van der Waals surface area (Å²) in [6.07, 6.45) is 3.57. The molecule has 1 aliphatic rings. The minimum atomic E-state index is 0.329. The number of hydrogen-bond donors (Lipinski definition) is 1. The Morgan fingerprint density at radius 3 is 2.07 bits per heavy atom. The van der Waals surface area contributed by atoms with E-state index in [0.29, 0.717) is 5.75 Å². The fraction of sp³-hybridized carbons (Fsp3) is 0.318. The van der Waals surface area contributed by atoms with Crippen molar-refractivity contribution < 1.29 is 5.11 Å². The molecular weight excluding hydrogens is 386 g/mol. The smallest absolute Gasteiger partial charge is 0.115 e. The number of anilines is 1. The van der Waals surface area contributed by atoms with E-state index in [9.17, 15) is 5.11 Å². The van der Waals surface area contributed by atoms with Crippen molar-refractivity contribution in [1.29, 1.82) is 0 Å². The normalized spacial score (nSPS) is 13.8. The second-order valence-corrected chi connectivity index (χ2v) is 8.33. The van der Waals surface area contributed by atoms with Crippen LogP contribution in [0.3, 0.4) is 0 Å². The van der Waals surface area contributed by atoms with Gasteiger partial charge in [0.15, 0.2) is 0 Å². The van der Waals surface area contributed by atoms with Crippen LogP contribution in [-0.2, 0) is 0 Å². The highest BCUT2D eigenvalue weighted by molar-refractivity contribution is 7.98. The number of hydrogen-bond acceptors (Lipinski definition) is 6. The number of aryl methyl sites for hydroxylation is 1. The number of rotatable bonds is 3. The Bertz CT molecular complexity index is 756. The van der Waals surface area contributed by atoms with Crippen molar-refractivity contribution in [1.82, 2.24) is 9.29 Å². The molecule has 28 heavy (non-hydrogen) atoms. The van der Waals surface area contributed by atoms with Crippen molar-refractivity contribution in [2.75, 3.05) is 31.1 Å². The number of piperazine rings is 1. The number of aromatic nitrogens is 1. The van der Waals surface area contributed by atoms with Gasteiger partial charge in [-0.15, -0.1) is 11.3 Å². The Labute approximate surface area is 177 Å². The van der Waals surface area contributed by atoms with Crippen LogP contribution in [0.1, 0.15) is 19.4 Å². The van der Waals surface area contributed by atoms with E-state index in [1.54, 1.807) is 35.9 Å². The van der Waals surface area contributed by atoms with Crippen LogP contribution >= 0.6 is 23.3 Å². The molecule has 4 nitrogen and oxygen atoms in total. The molecular formula is C22H29N3OS2. The third-order valence-corrected chi connectivity index (χ3v) is 6.13. The van der Waals surface area contributed by atoms with Crippen molar-refractivity contribution >= 4 is 29.0 Å². The zero-order valence-electron chi connectivity index (χ0n) is 16.8. The Morgan fingerprint density at radius 1 is 0.929 bits per heavy atom. The molecule has 0 radical (unpaired) electrons. The first-order valence-electron chi connectivity index (χ1n) is 9.58. The molecule has 3 aromatic rings. The molecule has 0 amide bonds. The number of phenols is 1. The predicted octanol–water partition coefficient (Wildman–Crippen LogP) is 5.70. The summed E-state index contributed by atoms with van der Waals surface area (Å²) < 4.78 is 3.78. The SMILES string of the molecule is CC.Cc1ccncc1.Oc1ccc(N2CCN(Sc3cccs3)CC2)cc1. The molecule has 1 aliphatic heterocycles. The van der Waals surface area contributed by atoms with Gasteiger partial charge in [-0.3, -0.25) is 4.98 Å². The molecule has 2 aromatic heterocycles. The molecule has 0 unspecified atom stereocenters. The van der Waals surface area contributed by atoms with E-state index in [2.05, 4.69) is 31.7 Å². The number of nitrogens with zero attached hydrogens (tertiary/aromatic N) is 3. The molecule has 0 spiro atoms. The predicted molar refractivity (Wildman–Crippen MR) is 122 cm³/mol. The summed E-state index contributed by atoms with van der Waals surface area (Å²) in [6.45, 7) is 10.2. The maximum Gasteiger partial charge on any atom is 0.115 e. The fourth-order valence-electron chi connectivity index (χ4n) is 2.57. The Kier molecular flexibility index (Phi) is 9.90. The molecule has 150 valence electrons. The first-order chi connectivity index (χ1) is 13.7. The first-order valence-corrected chi connectivity index (χ1v) is 11.2. The average molecular weight is 416 g/mol. The van der Waals surface area contributed by atoms with Crippen LogP contribution in [0.15, 0.2) is 70.5 Å². The number of aromatic hydroxyl groups is 1. The number of pyridine rings is 1. The van der Waals surface area contributed by atoms with Crippen LogP contribution in [0.25, 0.3) is 0 Å². The van der Waals surface area contributed by atoms with Gasteiger partial charge in [0, 0.05) is 44.3 Å². The van der Waals surface area contributed by atoms with E-state index in [1.807, 2.05) is 57.0 Å². The number of benzene rings is 1. The van der Waals surface area contributed by atoms with Gasteiger partial charge in [0.25, 0.3) is 0 Å². The highest BCUT2D eigenvalue weighted by Gasteiger charge is 2.18. The quantitative estimate of drug-likeness (QED) is 0.556. The average Bonchev–Trinajstić information content (AvgIpc) is 3.25. The first kappa shape index (κ1) is 22.3. The lowest BCUT2D eigenvalue weighted by Crippen LogP contribution is -2.43. The van der Waals surface area contributed by atoms with Gasteiger partial charge in [-0.05, 0) is 72.3 Å². The summed E-state index contributed by atoms with van der Waals surface area (Å²) in [4.78, 5) is 6.21. The van der Waals surface area contributed by atoms with E-state index >= 15 is 0 Å². The van der Waals surface area contributed by atoms with Gasteiger partial charge in [-0.2, -0.15) is 0 Å². The topological polar surface area (TPSA) is 39.6 Å². The van der Waals surface area contributed by atoms with Gasteiger partial charge >= 0.3 is 0 Å². The van der Waals surface area contributed by atoms with E-state index in [1.165, 1.54) is 15.5 Å². The van der Waals surface area contributed by atoms with Crippen LogP contribution in [0, 0.1) is 6.92 Å². The molecule has 1 saturated heterocycles. The lowest BCUT2D eigenvalue weighted by Gasteiger charge is -2.35. The highest BCUT2D eigenvalue weighted by atomic mass is 32.2. The fourth-order valence-corrected chi connectivity index (χ4v) is 4.41. The van der Waals surface area contributed by atoms with E-state index in [0.717, 1.165) is 26.2 Å². The third-order valence-electron chi connectivity index (χ3n) is 4.01. The minimum Gasteiger partial charge on any atom is -0.508 e. The van der Waals surface area contributed by atoms with Gasteiger partial charge in [-0.25, -0.2) is 4.31 Å². The van der Waals surface area contributed by atoms with Gasteiger partial charge in [0.05, 0.1) is 4.21 Å². The maximum absolute atomic E-state index is 9.31. The van der Waals surface area contributed by atoms with Gasteiger partial charge in [-0.1, -0.05) is 19.9 Å². The summed E-state index contributed by atoms with van der Waals surface area (Å²) in [5.74, 6) is 0.329. The van der Waals surface area contributed by atoms with Crippen LogP contribution < -0.4 is 4.90 Å². The Balaban J connectivity index is 0.000000261. The molecule has 3 heterocycles. The highest BCUT2D eigenvalue weighted by Crippen LogP contribution is 2.29. The van der Waals surface area contributed by atoms with Crippen molar-refractivity contribution in [3.63, 3.8) is 0 Å². The van der Waals surface area contributed by atoms with E-state index in [4.69, 9.17) is 0 Å². The molecule has 1 N–H and O–H groups in total. The Morgan fingerprint density at radius 2 is 1.57 bits per heavy atom. The number of thiophene rings is 1. The second kappa shape index (κ2) is 12.4. The van der Waals surface area contributed by atoms with Gasteiger partial charge < -0.3 is 10.0 Å². The molecule has 0 aliphatic carbocycles. The van der Waals surface area contributed by atoms with Crippen LogP contribution in [0.4, 0.5) is 5.69 Å². The third kappa shape index (κ3) is 7.54. The summed E-state index contributed by atoms with van der Waals surface area (Å²) in [6, 6.07) is 15.7. The second-order valence-electron chi connectivity index (χ2n) is 5.98. The Hall–Kier alpha value is -2.02. The summed E-state index contributed by atoms with van der Waals surface area (Å²) in [7, 11) is 0. The lowest BCUT2D eigenvalue weighted by atomic mass is 10.2. The standard InChI is InChI=1S/C14H16N2OS2.C6H7N.C2H6/c17-13-5-3-12(4-6-13)15-7-9-16(10-8-15)19-14-2-1-11-18-14;1-6-2-4-7-5-3-6;1-2/h1-6,11,17H,7-10H2;2-5H,1H3;1-2H3. The molecule has 4 rings (SSSR count). The summed E-state index contributed by atoms with van der Waals surface area (Å²) >= 11 is 3.65. The van der Waals surface area contributed by atoms with Gasteiger partial charge in [0.2, 0.25) is 0 Å². The minimum absolute atomic E-state index is 0.329. The maximum atomic E-state index is 9.31. The molecule has 0 saturated carbocycles. The summed E-state index contributed by atoms with van der Waals surface area (Å²) in [5.41, 5.74) is 2.45. The lowest BCUT2D eigenvalue weighted by molar-refractivity contribution is 0.430. The van der Waals surface area contributed by atoms with E-state index in [-0.39, 0.29) is 0 Å². The number of phenolic OH excluding ortho intramolecular Hbond substituents is 1. The van der Waals surface area contributed by atoms with Crippen molar-refractivity contribution in [2.45, 2.75) is 25.0 Å². The monoisotopic (exact) mass is 415 g/mol. The molecule has 1 fully saturated rings. The zero-order chi connectivity index (χ0) is 20.2. The van der Waals surface area contributed by atoms with Gasteiger partial charge in [0.1, 0.15) is 5.75 Å². The van der Waals surface area contributed by atoms with Crippen LogP contribution in [0.2, 0.25) is 0 Å². The van der Waals surface area contributed by atoms with E-state index < -0.39 is 0 Å². The molecule has 0 atom stereocenters.